The van der Waals surface area contributed by atoms with Gasteiger partial charge in [0.2, 0.25) is 11.8 Å². The van der Waals surface area contributed by atoms with Crippen molar-refractivity contribution in [3.05, 3.63) is 134 Å². The van der Waals surface area contributed by atoms with E-state index in [4.69, 9.17) is 0 Å². The minimum Gasteiger partial charge on any atom is -0.507 e. The summed E-state index contributed by atoms with van der Waals surface area (Å²) in [6.45, 7) is 1.70. The summed E-state index contributed by atoms with van der Waals surface area (Å²) >= 11 is 0. The second-order valence-electron chi connectivity index (χ2n) is 11.0. The Morgan fingerprint density at radius 1 is 0.953 bits per heavy atom. The van der Waals surface area contributed by atoms with Crippen LogP contribution < -0.4 is 10.3 Å². The van der Waals surface area contributed by atoms with Crippen molar-refractivity contribution in [2.24, 2.45) is 16.9 Å². The Labute approximate surface area is 245 Å². The second kappa shape index (κ2) is 9.45. The number of anilines is 1. The molecule has 0 saturated carbocycles. The number of para-hydroxylation sites is 1. The van der Waals surface area contributed by atoms with E-state index in [-0.39, 0.29) is 22.7 Å². The number of phenols is 1. The number of nitrogens with one attached hydrogen (secondary N) is 1. The van der Waals surface area contributed by atoms with Gasteiger partial charge in [0.25, 0.3) is 11.6 Å². The van der Waals surface area contributed by atoms with Crippen molar-refractivity contribution in [2.45, 2.75) is 18.3 Å². The Hall–Kier alpha value is -5.64. The number of amides is 3. The zero-order valence-corrected chi connectivity index (χ0v) is 22.8. The monoisotopic (exact) mass is 572 g/mol. The average Bonchev–Trinajstić information content (AvgIpc) is 3.28. The van der Waals surface area contributed by atoms with Gasteiger partial charge in [-0.2, -0.15) is 5.10 Å². The number of aryl methyl sites for hydroxylation is 1. The third-order valence-corrected chi connectivity index (χ3v) is 8.84. The second-order valence-corrected chi connectivity index (χ2v) is 11.0. The van der Waals surface area contributed by atoms with Crippen LogP contribution in [0.4, 0.5) is 11.4 Å². The van der Waals surface area contributed by atoms with Gasteiger partial charge in [-0.05, 0) is 52.9 Å². The van der Waals surface area contributed by atoms with Crippen molar-refractivity contribution in [1.29, 1.82) is 0 Å². The molecule has 1 fully saturated rings. The number of hydrazone groups is 1. The number of nitro groups is 1. The molecule has 4 aromatic carbocycles. The Morgan fingerprint density at radius 3 is 2.23 bits per heavy atom. The zero-order valence-electron chi connectivity index (χ0n) is 22.8. The lowest BCUT2D eigenvalue weighted by molar-refractivity contribution is -0.384. The molecule has 0 radical (unpaired) electrons. The van der Waals surface area contributed by atoms with Gasteiger partial charge in [-0.3, -0.25) is 24.5 Å². The molecule has 0 spiro atoms. The summed E-state index contributed by atoms with van der Waals surface area (Å²) in [6.07, 6.45) is 1.49. The molecule has 2 bridgehead atoms. The number of benzene rings is 4. The summed E-state index contributed by atoms with van der Waals surface area (Å²) in [5.74, 6) is -4.27. The molecule has 3 aliphatic carbocycles. The molecule has 3 amide bonds. The first kappa shape index (κ1) is 26.3. The Balaban J connectivity index is 1.42. The molecule has 4 aliphatic rings. The third-order valence-electron chi connectivity index (χ3n) is 8.84. The highest BCUT2D eigenvalue weighted by Gasteiger charge is 2.68. The maximum Gasteiger partial charge on any atom is 0.293 e. The van der Waals surface area contributed by atoms with Gasteiger partial charge in [0.1, 0.15) is 11.4 Å². The molecule has 0 unspecified atom stereocenters. The maximum atomic E-state index is 14.5. The number of carbonyl (C=O) groups is 3. The lowest BCUT2D eigenvalue weighted by atomic mass is 9.47. The molecule has 1 saturated heterocycles. The van der Waals surface area contributed by atoms with E-state index in [1.54, 1.807) is 25.1 Å². The normalized spacial score (nSPS) is 23.2. The van der Waals surface area contributed by atoms with E-state index in [0.717, 1.165) is 27.2 Å². The lowest BCUT2D eigenvalue weighted by Gasteiger charge is -2.52. The van der Waals surface area contributed by atoms with Crippen LogP contribution in [0.3, 0.4) is 0 Å². The first-order chi connectivity index (χ1) is 20.8. The number of imide groups is 1. The Kier molecular flexibility index (Phi) is 5.77. The molecule has 1 heterocycles. The highest BCUT2D eigenvalue weighted by molar-refractivity contribution is 6.25. The van der Waals surface area contributed by atoms with Crippen LogP contribution >= 0.6 is 0 Å². The maximum absolute atomic E-state index is 14.5. The first-order valence-corrected chi connectivity index (χ1v) is 13.7. The van der Waals surface area contributed by atoms with Crippen LogP contribution in [-0.4, -0.2) is 34.0 Å². The van der Waals surface area contributed by atoms with Gasteiger partial charge < -0.3 is 5.11 Å². The smallest absolute Gasteiger partial charge is 0.293 e. The van der Waals surface area contributed by atoms with E-state index in [1.807, 2.05) is 48.5 Å². The van der Waals surface area contributed by atoms with E-state index < -0.39 is 45.8 Å². The molecule has 10 heteroatoms. The number of hydrogen-bond donors (Lipinski definition) is 2. The van der Waals surface area contributed by atoms with Gasteiger partial charge in [-0.25, -0.2) is 10.3 Å². The van der Waals surface area contributed by atoms with Crippen molar-refractivity contribution in [3.63, 3.8) is 0 Å². The Morgan fingerprint density at radius 2 is 1.58 bits per heavy atom. The number of phenolic OH excluding ortho intramolecular Hbond substituents is 1. The first-order valence-electron chi connectivity index (χ1n) is 13.7. The predicted octanol–water partition coefficient (Wildman–Crippen LogP) is 4.58. The van der Waals surface area contributed by atoms with Crippen molar-refractivity contribution in [3.8, 4) is 5.75 Å². The summed E-state index contributed by atoms with van der Waals surface area (Å²) in [7, 11) is 0. The minimum absolute atomic E-state index is 0.0214. The van der Waals surface area contributed by atoms with Gasteiger partial charge >= 0.3 is 0 Å². The van der Waals surface area contributed by atoms with Crippen LogP contribution in [0.2, 0.25) is 0 Å². The molecule has 43 heavy (non-hydrogen) atoms. The topological polar surface area (TPSA) is 142 Å². The van der Waals surface area contributed by atoms with Crippen molar-refractivity contribution < 1.29 is 24.4 Å². The number of aromatic hydroxyl groups is 1. The van der Waals surface area contributed by atoms with Crippen LogP contribution in [0.25, 0.3) is 0 Å². The zero-order chi connectivity index (χ0) is 30.0. The number of carbonyl (C=O) groups excluding carboxylic acids is 3. The van der Waals surface area contributed by atoms with Gasteiger partial charge in [-0.1, -0.05) is 66.7 Å². The molecule has 2 N–H and O–H groups in total. The number of nitro benzene ring substituents is 1. The van der Waals surface area contributed by atoms with Crippen LogP contribution in [0.1, 0.15) is 44.1 Å². The van der Waals surface area contributed by atoms with Crippen molar-refractivity contribution in [2.75, 3.05) is 4.90 Å². The molecule has 0 aromatic heterocycles. The summed E-state index contributed by atoms with van der Waals surface area (Å²) in [4.78, 5) is 54.1. The standard InChI is InChI=1S/C33H24N4O6/c1-18-14-15-24(25(16-18)37(42)43)36-31(40)28-27-19-8-2-5-11-22(19)33(29(28)32(36)41,23-12-6-3-9-20(23)27)17-34-35-30(39)21-10-4-7-13-26(21)38/h2-17,27-29,38H,1H3,(H,35,39)/b34-17+/t27?,28-,29-,33?/m0/s1. The van der Waals surface area contributed by atoms with Gasteiger partial charge in [-0.15, -0.1) is 0 Å². The van der Waals surface area contributed by atoms with Crippen LogP contribution in [0, 0.1) is 28.9 Å². The number of rotatable bonds is 5. The lowest BCUT2D eigenvalue weighted by Crippen LogP contribution is -2.54. The summed E-state index contributed by atoms with van der Waals surface area (Å²) in [5, 5.41) is 26.5. The van der Waals surface area contributed by atoms with E-state index in [1.165, 1.54) is 30.5 Å². The third kappa shape index (κ3) is 3.59. The molecule has 10 nitrogen and oxygen atoms in total. The predicted molar refractivity (Wildman–Crippen MR) is 157 cm³/mol. The molecule has 2 atom stereocenters. The SMILES string of the molecule is Cc1ccc(N2C(=O)[C@@H]3[C@@H](C2=O)C2c4ccccc4C3(/C=N/NC(=O)c3ccccc3O)c3ccccc32)c([N+](=O)[O-])c1. The largest absolute Gasteiger partial charge is 0.507 e. The fourth-order valence-corrected chi connectivity index (χ4v) is 7.17. The molecule has 8 rings (SSSR count). The van der Waals surface area contributed by atoms with E-state index in [0.29, 0.717) is 5.56 Å². The highest BCUT2D eigenvalue weighted by Crippen LogP contribution is 2.64. The molecule has 4 aromatic rings. The fourth-order valence-electron chi connectivity index (χ4n) is 7.17. The van der Waals surface area contributed by atoms with Crippen LogP contribution in [0.15, 0.2) is 96.1 Å². The highest BCUT2D eigenvalue weighted by atomic mass is 16.6. The number of nitrogens with zero attached hydrogens (tertiary/aromatic N) is 3. The molecular formula is C33H24N4O6. The molecule has 1 aliphatic heterocycles. The van der Waals surface area contributed by atoms with Crippen molar-refractivity contribution >= 4 is 35.3 Å². The average molecular weight is 573 g/mol. The van der Waals surface area contributed by atoms with Gasteiger partial charge in [0.15, 0.2) is 0 Å². The molecule has 212 valence electrons. The van der Waals surface area contributed by atoms with Crippen LogP contribution in [-0.2, 0) is 15.0 Å². The quantitative estimate of drug-likeness (QED) is 0.155. The van der Waals surface area contributed by atoms with E-state index in [9.17, 15) is 29.6 Å². The number of hydrogen-bond acceptors (Lipinski definition) is 7. The summed E-state index contributed by atoms with van der Waals surface area (Å²) in [5.41, 5.74) is 4.66. The van der Waals surface area contributed by atoms with E-state index >= 15 is 0 Å². The van der Waals surface area contributed by atoms with Gasteiger partial charge in [0.05, 0.1) is 27.7 Å². The summed E-state index contributed by atoms with van der Waals surface area (Å²) in [6, 6.07) is 25.5. The Bertz CT molecular complexity index is 1870. The molecular weight excluding hydrogens is 548 g/mol. The fraction of sp³-hybridized carbons (Fsp3) is 0.152. The minimum atomic E-state index is -1.28. The van der Waals surface area contributed by atoms with Gasteiger partial charge in [0, 0.05) is 18.2 Å². The van der Waals surface area contributed by atoms with Crippen LogP contribution in [0.5, 0.6) is 5.75 Å². The van der Waals surface area contributed by atoms with Crippen molar-refractivity contribution in [1.82, 2.24) is 5.43 Å². The van der Waals surface area contributed by atoms with E-state index in [2.05, 4.69) is 10.5 Å². The summed E-state index contributed by atoms with van der Waals surface area (Å²) < 4.78 is 0.